The van der Waals surface area contributed by atoms with Crippen LogP contribution < -0.4 is 19.5 Å². The highest BCUT2D eigenvalue weighted by Gasteiger charge is 2.19. The summed E-state index contributed by atoms with van der Waals surface area (Å²) in [5.74, 6) is 2.11. The van der Waals surface area contributed by atoms with Crippen LogP contribution in [0.4, 0.5) is 0 Å². The smallest absolute Gasteiger partial charge is 0.244 e. The second-order valence-corrected chi connectivity index (χ2v) is 8.46. The molecule has 0 aliphatic rings. The zero-order chi connectivity index (χ0) is 25.7. The van der Waals surface area contributed by atoms with Gasteiger partial charge in [-0.25, -0.2) is 0 Å². The molecule has 0 unspecified atom stereocenters. The molecule has 0 bridgehead atoms. The normalized spacial score (nSPS) is 11.4. The number of hydrogen-bond acceptors (Lipinski definition) is 5. The Bertz CT molecular complexity index is 1380. The second kappa shape index (κ2) is 11.0. The molecule has 0 saturated heterocycles. The van der Waals surface area contributed by atoms with Crippen molar-refractivity contribution in [2.24, 2.45) is 0 Å². The van der Waals surface area contributed by atoms with E-state index in [0.29, 0.717) is 18.9 Å². The van der Waals surface area contributed by atoms with E-state index in [4.69, 9.17) is 18.6 Å². The van der Waals surface area contributed by atoms with Crippen LogP contribution in [0.2, 0.25) is 0 Å². The van der Waals surface area contributed by atoms with Crippen molar-refractivity contribution in [2.75, 3.05) is 20.8 Å². The van der Waals surface area contributed by atoms with Gasteiger partial charge in [-0.15, -0.1) is 0 Å². The summed E-state index contributed by atoms with van der Waals surface area (Å²) >= 11 is 0. The average Bonchev–Trinajstić information content (AvgIpc) is 3.32. The summed E-state index contributed by atoms with van der Waals surface area (Å²) in [4.78, 5) is 12.7. The van der Waals surface area contributed by atoms with Gasteiger partial charge in [0.05, 0.1) is 27.1 Å². The average molecular weight is 486 g/mol. The number of ether oxygens (including phenoxy) is 3. The molecular weight excluding hydrogens is 454 g/mol. The van der Waals surface area contributed by atoms with Crippen LogP contribution in [0.3, 0.4) is 0 Å². The number of benzene rings is 3. The highest BCUT2D eigenvalue weighted by Crippen LogP contribution is 2.40. The summed E-state index contributed by atoms with van der Waals surface area (Å²) in [6.45, 7) is 6.88. The Morgan fingerprint density at radius 3 is 2.33 bits per heavy atom. The number of rotatable bonds is 9. The highest BCUT2D eigenvalue weighted by atomic mass is 16.5. The van der Waals surface area contributed by atoms with Gasteiger partial charge in [-0.1, -0.05) is 24.3 Å². The van der Waals surface area contributed by atoms with E-state index in [1.807, 2.05) is 75.4 Å². The van der Waals surface area contributed by atoms with Gasteiger partial charge in [0.15, 0.2) is 0 Å². The number of carbonyl (C=O) groups excluding carboxylic acids is 1. The summed E-state index contributed by atoms with van der Waals surface area (Å²) in [7, 11) is 3.26. The fourth-order valence-corrected chi connectivity index (χ4v) is 4.25. The quantitative estimate of drug-likeness (QED) is 0.273. The van der Waals surface area contributed by atoms with Crippen LogP contribution in [0.25, 0.3) is 27.7 Å². The van der Waals surface area contributed by atoms with E-state index in [1.54, 1.807) is 26.6 Å². The summed E-state index contributed by atoms with van der Waals surface area (Å²) in [5.41, 5.74) is 6.26. The van der Waals surface area contributed by atoms with Crippen LogP contribution in [0.5, 0.6) is 17.2 Å². The standard InChI is InChI=1S/C30H31NO5/c1-6-35-24-13-9-22(10-14-24)27-18-36-30-20(3)29(34-5)25(16-26(27)30)19(2)15-28(32)31-17-21-7-11-23(33-4)12-8-21/h7-16,18H,6,17H2,1-5H3,(H,31,32)/b19-15+. The summed E-state index contributed by atoms with van der Waals surface area (Å²) in [6, 6.07) is 17.6. The molecule has 1 N–H and O–H groups in total. The Hall–Kier alpha value is -4.19. The van der Waals surface area contributed by atoms with Crippen LogP contribution in [0.15, 0.2) is 71.4 Å². The van der Waals surface area contributed by atoms with Gasteiger partial charge in [-0.2, -0.15) is 0 Å². The number of hydrogen-bond donors (Lipinski definition) is 1. The molecule has 0 radical (unpaired) electrons. The maximum Gasteiger partial charge on any atom is 0.244 e. The number of amides is 1. The Morgan fingerprint density at radius 1 is 1.00 bits per heavy atom. The molecule has 0 aliphatic heterocycles. The third-order valence-corrected chi connectivity index (χ3v) is 6.12. The van der Waals surface area contributed by atoms with E-state index in [2.05, 4.69) is 5.32 Å². The van der Waals surface area contributed by atoms with Crippen molar-refractivity contribution in [3.05, 3.63) is 83.6 Å². The molecule has 0 saturated carbocycles. The van der Waals surface area contributed by atoms with Crippen molar-refractivity contribution in [1.29, 1.82) is 0 Å². The van der Waals surface area contributed by atoms with Crippen LogP contribution in [0.1, 0.15) is 30.5 Å². The Labute approximate surface area is 211 Å². The highest BCUT2D eigenvalue weighted by molar-refractivity contribution is 6.01. The maximum atomic E-state index is 12.7. The Kier molecular flexibility index (Phi) is 7.64. The van der Waals surface area contributed by atoms with Crippen molar-refractivity contribution in [3.63, 3.8) is 0 Å². The second-order valence-electron chi connectivity index (χ2n) is 8.46. The molecular formula is C30H31NO5. The number of methoxy groups -OCH3 is 2. The first-order chi connectivity index (χ1) is 17.4. The third-order valence-electron chi connectivity index (χ3n) is 6.12. The first-order valence-electron chi connectivity index (χ1n) is 11.9. The molecule has 4 rings (SSSR count). The predicted octanol–water partition coefficient (Wildman–Crippen LogP) is 6.54. The van der Waals surface area contributed by atoms with Crippen molar-refractivity contribution >= 4 is 22.4 Å². The maximum absolute atomic E-state index is 12.7. The SMILES string of the molecule is CCOc1ccc(-c2coc3c(C)c(OC)c(/C(C)=C/C(=O)NCc4ccc(OC)cc4)cc23)cc1. The lowest BCUT2D eigenvalue weighted by Crippen LogP contribution is -2.20. The van der Waals surface area contributed by atoms with Crippen molar-refractivity contribution in [2.45, 2.75) is 27.3 Å². The molecule has 36 heavy (non-hydrogen) atoms. The van der Waals surface area contributed by atoms with Crippen molar-refractivity contribution in [1.82, 2.24) is 5.32 Å². The monoisotopic (exact) mass is 485 g/mol. The lowest BCUT2D eigenvalue weighted by molar-refractivity contribution is -0.116. The van der Waals surface area contributed by atoms with Crippen LogP contribution in [-0.4, -0.2) is 26.7 Å². The molecule has 0 spiro atoms. The minimum atomic E-state index is -0.179. The molecule has 0 aliphatic carbocycles. The van der Waals surface area contributed by atoms with Gasteiger partial charge in [-0.3, -0.25) is 4.79 Å². The fourth-order valence-electron chi connectivity index (χ4n) is 4.25. The van der Waals surface area contributed by atoms with Gasteiger partial charge in [-0.05, 0) is 67.8 Å². The topological polar surface area (TPSA) is 69.9 Å². The summed E-state index contributed by atoms with van der Waals surface area (Å²) in [6.07, 6.45) is 3.36. The molecule has 0 fully saturated rings. The number of nitrogens with one attached hydrogen (secondary N) is 1. The zero-order valence-electron chi connectivity index (χ0n) is 21.3. The van der Waals surface area contributed by atoms with Crippen LogP contribution >= 0.6 is 0 Å². The molecule has 4 aromatic rings. The number of carbonyl (C=O) groups is 1. The van der Waals surface area contributed by atoms with Gasteiger partial charge in [0, 0.05) is 34.7 Å². The fraction of sp³-hybridized carbons (Fsp3) is 0.233. The Balaban J connectivity index is 1.63. The number of aryl methyl sites for hydroxylation is 1. The lowest BCUT2D eigenvalue weighted by Gasteiger charge is -2.13. The number of furan rings is 1. The van der Waals surface area contributed by atoms with Crippen LogP contribution in [0, 0.1) is 6.92 Å². The van der Waals surface area contributed by atoms with E-state index in [-0.39, 0.29) is 5.91 Å². The van der Waals surface area contributed by atoms with Crippen molar-refractivity contribution in [3.8, 4) is 28.4 Å². The number of allylic oxidation sites excluding steroid dienone is 1. The third kappa shape index (κ3) is 5.23. The van der Waals surface area contributed by atoms with E-state index in [1.165, 1.54) is 0 Å². The van der Waals surface area contributed by atoms with E-state index >= 15 is 0 Å². The molecule has 1 heterocycles. The molecule has 0 atom stereocenters. The van der Waals surface area contributed by atoms with E-state index in [0.717, 1.165) is 55.9 Å². The first-order valence-corrected chi connectivity index (χ1v) is 11.9. The van der Waals surface area contributed by atoms with E-state index in [9.17, 15) is 4.79 Å². The molecule has 6 nitrogen and oxygen atoms in total. The van der Waals surface area contributed by atoms with Gasteiger partial charge in [0.2, 0.25) is 5.91 Å². The van der Waals surface area contributed by atoms with Crippen molar-refractivity contribution < 1.29 is 23.4 Å². The molecule has 1 amide bonds. The van der Waals surface area contributed by atoms with Crippen LogP contribution in [-0.2, 0) is 11.3 Å². The Morgan fingerprint density at radius 2 is 1.69 bits per heavy atom. The number of fused-ring (bicyclic) bond motifs is 1. The lowest BCUT2D eigenvalue weighted by atomic mass is 9.96. The van der Waals surface area contributed by atoms with Gasteiger partial charge < -0.3 is 23.9 Å². The molecule has 3 aromatic carbocycles. The molecule has 186 valence electrons. The minimum absolute atomic E-state index is 0.179. The van der Waals surface area contributed by atoms with E-state index < -0.39 is 0 Å². The largest absolute Gasteiger partial charge is 0.497 e. The van der Waals surface area contributed by atoms with Gasteiger partial charge >= 0.3 is 0 Å². The van der Waals surface area contributed by atoms with Gasteiger partial charge in [0.25, 0.3) is 0 Å². The summed E-state index contributed by atoms with van der Waals surface area (Å²) in [5, 5.41) is 3.90. The zero-order valence-corrected chi connectivity index (χ0v) is 21.3. The molecule has 1 aromatic heterocycles. The molecule has 6 heteroatoms. The summed E-state index contributed by atoms with van der Waals surface area (Å²) < 4.78 is 22.4. The minimum Gasteiger partial charge on any atom is -0.497 e. The van der Waals surface area contributed by atoms with Gasteiger partial charge in [0.1, 0.15) is 22.8 Å². The predicted molar refractivity (Wildman–Crippen MR) is 143 cm³/mol. The first kappa shape index (κ1) is 24.9.